The largest absolute Gasteiger partial charge is 0.497 e. The molecule has 0 spiro atoms. The van der Waals surface area contributed by atoms with Crippen molar-refractivity contribution >= 4 is 0 Å². The quantitative estimate of drug-likeness (QED) is 0.883. The highest BCUT2D eigenvalue weighted by Crippen LogP contribution is 2.33. The molecule has 0 amide bonds. The van der Waals surface area contributed by atoms with E-state index in [4.69, 9.17) is 9.47 Å². The molecular weight excluding hydrogens is 262 g/mol. The molecule has 0 radical (unpaired) electrons. The molecule has 3 nitrogen and oxygen atoms in total. The smallest absolute Gasteiger partial charge is 0.127 e. The first-order valence-electron chi connectivity index (χ1n) is 8.01. The van der Waals surface area contributed by atoms with Crippen LogP contribution in [0.3, 0.4) is 0 Å². The maximum atomic E-state index is 5.52. The summed E-state index contributed by atoms with van der Waals surface area (Å²) in [4.78, 5) is 0. The highest BCUT2D eigenvalue weighted by Gasteiger charge is 2.25. The van der Waals surface area contributed by atoms with Gasteiger partial charge in [-0.2, -0.15) is 0 Å². The minimum atomic E-state index is 0.286. The van der Waals surface area contributed by atoms with Gasteiger partial charge >= 0.3 is 0 Å². The van der Waals surface area contributed by atoms with Crippen molar-refractivity contribution in [1.82, 2.24) is 5.32 Å². The summed E-state index contributed by atoms with van der Waals surface area (Å²) in [5.74, 6) is 3.36. The van der Waals surface area contributed by atoms with Gasteiger partial charge in [0.15, 0.2) is 0 Å². The molecule has 1 aromatic carbocycles. The molecule has 1 saturated carbocycles. The average Bonchev–Trinajstić information content (AvgIpc) is 2.45. The van der Waals surface area contributed by atoms with Crippen LogP contribution in [0.4, 0.5) is 0 Å². The molecule has 0 bridgehead atoms. The first kappa shape index (κ1) is 16.2. The van der Waals surface area contributed by atoms with Gasteiger partial charge in [-0.3, -0.25) is 0 Å². The molecule has 1 fully saturated rings. The molecule has 0 heterocycles. The number of hydrogen-bond acceptors (Lipinski definition) is 3. The van der Waals surface area contributed by atoms with Crippen molar-refractivity contribution in [3.05, 3.63) is 23.8 Å². The first-order valence-corrected chi connectivity index (χ1v) is 8.01. The van der Waals surface area contributed by atoms with E-state index >= 15 is 0 Å². The van der Waals surface area contributed by atoms with Crippen molar-refractivity contribution < 1.29 is 9.47 Å². The third-order valence-electron chi connectivity index (χ3n) is 4.57. The lowest BCUT2D eigenvalue weighted by atomic mass is 9.80. The molecule has 0 saturated heterocycles. The van der Waals surface area contributed by atoms with Crippen molar-refractivity contribution in [2.75, 3.05) is 14.2 Å². The van der Waals surface area contributed by atoms with Crippen LogP contribution in [0.5, 0.6) is 11.5 Å². The van der Waals surface area contributed by atoms with Gasteiger partial charge in [-0.25, -0.2) is 0 Å². The van der Waals surface area contributed by atoms with Crippen LogP contribution in [0, 0.1) is 11.8 Å². The highest BCUT2D eigenvalue weighted by atomic mass is 16.5. The summed E-state index contributed by atoms with van der Waals surface area (Å²) in [6, 6.07) is 6.95. The second-order valence-corrected chi connectivity index (χ2v) is 6.61. The first-order chi connectivity index (χ1) is 10.0. The zero-order valence-corrected chi connectivity index (χ0v) is 14.0. The van der Waals surface area contributed by atoms with Gasteiger partial charge in [0, 0.05) is 23.7 Å². The number of nitrogens with one attached hydrogen (secondary N) is 1. The zero-order valence-electron chi connectivity index (χ0n) is 14.0. The Morgan fingerprint density at radius 1 is 1.05 bits per heavy atom. The lowest BCUT2D eigenvalue weighted by Gasteiger charge is -2.34. The fourth-order valence-electron chi connectivity index (χ4n) is 3.70. The topological polar surface area (TPSA) is 30.5 Å². The van der Waals surface area contributed by atoms with Crippen molar-refractivity contribution in [2.45, 2.75) is 52.1 Å². The minimum Gasteiger partial charge on any atom is -0.497 e. The lowest BCUT2D eigenvalue weighted by Crippen LogP contribution is -2.37. The van der Waals surface area contributed by atoms with E-state index in [0.29, 0.717) is 6.04 Å². The molecule has 1 aliphatic carbocycles. The van der Waals surface area contributed by atoms with Crippen LogP contribution in [-0.4, -0.2) is 20.3 Å². The summed E-state index contributed by atoms with van der Waals surface area (Å²) in [5, 5.41) is 3.79. The maximum absolute atomic E-state index is 5.52. The Kier molecular flexibility index (Phi) is 5.51. The number of methoxy groups -OCH3 is 2. The van der Waals surface area contributed by atoms with Gasteiger partial charge in [-0.05, 0) is 44.1 Å². The summed E-state index contributed by atoms with van der Waals surface area (Å²) >= 11 is 0. The standard InChI is InChI=1S/C18H29NO2/c1-12-8-13(2)10-15(9-12)19-14(3)17-7-6-16(20-4)11-18(17)21-5/h6-7,11-15,19H,8-10H2,1-5H3. The molecule has 1 aromatic rings. The lowest BCUT2D eigenvalue weighted by molar-refractivity contribution is 0.227. The number of ether oxygens (including phenoxy) is 2. The Balaban J connectivity index is 2.07. The predicted octanol–water partition coefficient (Wildman–Crippen LogP) is 4.18. The number of rotatable bonds is 5. The number of hydrogen-bond donors (Lipinski definition) is 1. The second kappa shape index (κ2) is 7.17. The Morgan fingerprint density at radius 3 is 2.29 bits per heavy atom. The van der Waals surface area contributed by atoms with E-state index in [2.05, 4.69) is 32.2 Å². The van der Waals surface area contributed by atoms with E-state index in [1.165, 1.54) is 24.8 Å². The van der Waals surface area contributed by atoms with Crippen LogP contribution in [-0.2, 0) is 0 Å². The highest BCUT2D eigenvalue weighted by molar-refractivity contribution is 5.42. The molecule has 3 unspecified atom stereocenters. The van der Waals surface area contributed by atoms with Crippen molar-refractivity contribution in [1.29, 1.82) is 0 Å². The van der Waals surface area contributed by atoms with Crippen molar-refractivity contribution in [2.24, 2.45) is 11.8 Å². The van der Waals surface area contributed by atoms with E-state index < -0.39 is 0 Å². The molecule has 1 N–H and O–H groups in total. The summed E-state index contributed by atoms with van der Waals surface area (Å²) in [7, 11) is 3.40. The summed E-state index contributed by atoms with van der Waals surface area (Å²) in [5.41, 5.74) is 1.20. The summed E-state index contributed by atoms with van der Waals surface area (Å²) in [6.45, 7) is 6.94. The predicted molar refractivity (Wildman–Crippen MR) is 87.1 cm³/mol. The zero-order chi connectivity index (χ0) is 15.4. The summed E-state index contributed by atoms with van der Waals surface area (Å²) in [6.07, 6.45) is 3.90. The SMILES string of the molecule is COc1ccc(C(C)NC2CC(C)CC(C)C2)c(OC)c1. The Labute approximate surface area is 129 Å². The van der Waals surface area contributed by atoms with Gasteiger partial charge in [0.25, 0.3) is 0 Å². The average molecular weight is 291 g/mol. The number of benzene rings is 1. The van der Waals surface area contributed by atoms with E-state index in [1.807, 2.05) is 12.1 Å². The van der Waals surface area contributed by atoms with E-state index in [9.17, 15) is 0 Å². The second-order valence-electron chi connectivity index (χ2n) is 6.61. The normalized spacial score (nSPS) is 27.2. The van der Waals surface area contributed by atoms with Gasteiger partial charge in [-0.1, -0.05) is 19.9 Å². The van der Waals surface area contributed by atoms with Gasteiger partial charge in [0.2, 0.25) is 0 Å². The molecule has 0 aliphatic heterocycles. The molecule has 21 heavy (non-hydrogen) atoms. The van der Waals surface area contributed by atoms with Crippen LogP contribution < -0.4 is 14.8 Å². The van der Waals surface area contributed by atoms with Gasteiger partial charge < -0.3 is 14.8 Å². The molecule has 1 aliphatic rings. The fourth-order valence-corrected chi connectivity index (χ4v) is 3.70. The summed E-state index contributed by atoms with van der Waals surface area (Å²) < 4.78 is 10.8. The molecule has 118 valence electrons. The van der Waals surface area contributed by atoms with Gasteiger partial charge in [0.05, 0.1) is 14.2 Å². The van der Waals surface area contributed by atoms with Crippen LogP contribution in [0.2, 0.25) is 0 Å². The van der Waals surface area contributed by atoms with Gasteiger partial charge in [-0.15, -0.1) is 0 Å². The third kappa shape index (κ3) is 4.13. The molecule has 3 heteroatoms. The van der Waals surface area contributed by atoms with Crippen LogP contribution >= 0.6 is 0 Å². The Bertz CT molecular complexity index is 451. The molecule has 3 atom stereocenters. The van der Waals surface area contributed by atoms with Crippen LogP contribution in [0.15, 0.2) is 18.2 Å². The van der Waals surface area contributed by atoms with Crippen molar-refractivity contribution in [3.8, 4) is 11.5 Å². The Morgan fingerprint density at radius 2 is 1.71 bits per heavy atom. The van der Waals surface area contributed by atoms with E-state index in [0.717, 1.165) is 23.3 Å². The molecule has 0 aromatic heterocycles. The van der Waals surface area contributed by atoms with Gasteiger partial charge in [0.1, 0.15) is 11.5 Å². The maximum Gasteiger partial charge on any atom is 0.127 e. The van der Waals surface area contributed by atoms with Crippen molar-refractivity contribution in [3.63, 3.8) is 0 Å². The monoisotopic (exact) mass is 291 g/mol. The molecule has 2 rings (SSSR count). The fraction of sp³-hybridized carbons (Fsp3) is 0.667. The van der Waals surface area contributed by atoms with Crippen LogP contribution in [0.1, 0.15) is 51.6 Å². The molecular formula is C18H29NO2. The Hall–Kier alpha value is -1.22. The van der Waals surface area contributed by atoms with E-state index in [1.54, 1.807) is 14.2 Å². The van der Waals surface area contributed by atoms with Crippen LogP contribution in [0.25, 0.3) is 0 Å². The minimum absolute atomic E-state index is 0.286. The van der Waals surface area contributed by atoms with E-state index in [-0.39, 0.29) is 6.04 Å². The third-order valence-corrected chi connectivity index (χ3v) is 4.57.